The number of carbonyl (C=O) groups excluding carboxylic acids is 1. The number of unbranched alkanes of at least 4 members (excludes halogenated alkanes) is 2. The van der Waals surface area contributed by atoms with Crippen molar-refractivity contribution in [2.45, 2.75) is 45.1 Å². The molecule has 1 atom stereocenters. The van der Waals surface area contributed by atoms with E-state index in [1.54, 1.807) is 0 Å². The van der Waals surface area contributed by atoms with E-state index in [1.165, 1.54) is 0 Å². The molecule has 6 nitrogen and oxygen atoms in total. The second kappa shape index (κ2) is 15.1. The van der Waals surface area contributed by atoms with Crippen molar-refractivity contribution in [3.8, 4) is 0 Å². The monoisotopic (exact) mass is 311 g/mol. The van der Waals surface area contributed by atoms with Crippen LogP contribution in [-0.2, 0) is 14.4 Å². The second-order valence-corrected chi connectivity index (χ2v) is 3.51. The Morgan fingerprint density at radius 1 is 1.11 bits per heavy atom. The van der Waals surface area contributed by atoms with Crippen LogP contribution < -0.4 is 5.32 Å². The van der Waals surface area contributed by atoms with Gasteiger partial charge in [-0.3, -0.25) is 9.59 Å². The van der Waals surface area contributed by atoms with E-state index in [9.17, 15) is 14.4 Å². The Bertz CT molecular complexity index is 273. The molecule has 0 aromatic rings. The SMILES string of the molecule is CCCCCC(=O)N[C@@H](CC(=O)O)C(=O)O.[KH].[KH]. The first kappa shape index (κ1) is 24.7. The van der Waals surface area contributed by atoms with Crippen LogP contribution in [-0.4, -0.2) is 137 Å². The molecule has 0 saturated heterocycles. The fourth-order valence-corrected chi connectivity index (χ4v) is 1.18. The van der Waals surface area contributed by atoms with Crippen LogP contribution in [0.4, 0.5) is 0 Å². The van der Waals surface area contributed by atoms with E-state index in [-0.39, 0.29) is 109 Å². The number of carboxylic acids is 2. The van der Waals surface area contributed by atoms with Crippen molar-refractivity contribution in [3.63, 3.8) is 0 Å². The summed E-state index contributed by atoms with van der Waals surface area (Å²) in [6.45, 7) is 1.99. The Morgan fingerprint density at radius 3 is 2.06 bits per heavy atom. The topological polar surface area (TPSA) is 104 Å². The van der Waals surface area contributed by atoms with Gasteiger partial charge in [0.25, 0.3) is 0 Å². The van der Waals surface area contributed by atoms with E-state index >= 15 is 0 Å². The van der Waals surface area contributed by atoms with Gasteiger partial charge in [-0.1, -0.05) is 19.8 Å². The van der Waals surface area contributed by atoms with Crippen LogP contribution in [0.25, 0.3) is 0 Å². The number of nitrogens with one attached hydrogen (secondary N) is 1. The van der Waals surface area contributed by atoms with Crippen LogP contribution in [0.15, 0.2) is 0 Å². The molecule has 0 bridgehead atoms. The molecule has 0 aromatic heterocycles. The molecule has 0 aliphatic heterocycles. The maximum absolute atomic E-state index is 11.2. The normalized spacial score (nSPS) is 10.5. The van der Waals surface area contributed by atoms with Crippen molar-refractivity contribution >= 4 is 121 Å². The predicted molar refractivity (Wildman–Crippen MR) is 70.3 cm³/mol. The molecule has 0 aromatic carbocycles. The van der Waals surface area contributed by atoms with E-state index < -0.39 is 30.3 Å². The first-order chi connectivity index (χ1) is 7.47. The van der Waals surface area contributed by atoms with Gasteiger partial charge in [-0.25, -0.2) is 4.79 Å². The van der Waals surface area contributed by atoms with Crippen molar-refractivity contribution < 1.29 is 24.6 Å². The number of carbonyl (C=O) groups is 3. The van der Waals surface area contributed by atoms with E-state index in [2.05, 4.69) is 5.32 Å². The number of aliphatic carboxylic acids is 2. The molecule has 0 rings (SSSR count). The van der Waals surface area contributed by atoms with Gasteiger partial charge >= 0.3 is 115 Å². The van der Waals surface area contributed by atoms with E-state index in [0.29, 0.717) is 6.42 Å². The molecule has 0 unspecified atom stereocenters. The minimum atomic E-state index is -1.34. The predicted octanol–water partition coefficient (Wildman–Crippen LogP) is -0.686. The van der Waals surface area contributed by atoms with E-state index in [1.807, 2.05) is 6.92 Å². The fraction of sp³-hybridized carbons (Fsp3) is 0.700. The van der Waals surface area contributed by atoms with Gasteiger partial charge in [-0.15, -0.1) is 0 Å². The standard InChI is InChI=1S/C10H17NO5.2K.2H/c1-2-3-4-5-8(12)11-7(10(15)16)6-9(13)14;;;;/h7H,2-6H2,1H3,(H,11,12)(H,13,14)(H,15,16);;;;/t7-;;;;/m0..../s1. The number of rotatable bonds is 8. The Balaban J connectivity index is -0.00000112. The van der Waals surface area contributed by atoms with Crippen molar-refractivity contribution in [1.82, 2.24) is 5.32 Å². The molecule has 0 heterocycles. The maximum atomic E-state index is 11.2. The van der Waals surface area contributed by atoms with Crippen LogP contribution in [0.2, 0.25) is 0 Å². The molecule has 0 radical (unpaired) electrons. The summed E-state index contributed by atoms with van der Waals surface area (Å²) in [5.41, 5.74) is 0. The molecule has 0 aliphatic rings. The average molecular weight is 311 g/mol. The summed E-state index contributed by atoms with van der Waals surface area (Å²) in [6, 6.07) is -1.34. The molecule has 18 heavy (non-hydrogen) atoms. The van der Waals surface area contributed by atoms with Crippen LogP contribution in [0.5, 0.6) is 0 Å². The number of amides is 1. The van der Waals surface area contributed by atoms with Crippen LogP contribution in [0.3, 0.4) is 0 Å². The van der Waals surface area contributed by atoms with E-state index in [0.717, 1.165) is 12.8 Å². The summed E-state index contributed by atoms with van der Waals surface area (Å²) in [5, 5.41) is 19.3. The third kappa shape index (κ3) is 14.1. The third-order valence-electron chi connectivity index (χ3n) is 2.02. The van der Waals surface area contributed by atoms with Gasteiger partial charge < -0.3 is 15.5 Å². The van der Waals surface area contributed by atoms with Gasteiger partial charge in [0.2, 0.25) is 5.91 Å². The van der Waals surface area contributed by atoms with Crippen molar-refractivity contribution in [3.05, 3.63) is 0 Å². The van der Waals surface area contributed by atoms with Crippen LogP contribution in [0, 0.1) is 0 Å². The summed E-state index contributed by atoms with van der Waals surface area (Å²) in [4.78, 5) is 32.2. The molecule has 0 aliphatic carbocycles. The first-order valence-electron chi connectivity index (χ1n) is 5.21. The second-order valence-electron chi connectivity index (χ2n) is 3.51. The zero-order valence-corrected chi connectivity index (χ0v) is 9.23. The zero-order chi connectivity index (χ0) is 12.6. The summed E-state index contributed by atoms with van der Waals surface area (Å²) in [7, 11) is 0. The van der Waals surface area contributed by atoms with Gasteiger partial charge in [0.1, 0.15) is 6.04 Å². The van der Waals surface area contributed by atoms with Gasteiger partial charge in [0, 0.05) is 6.42 Å². The Morgan fingerprint density at radius 2 is 1.67 bits per heavy atom. The Hall–Kier alpha value is 1.68. The molecule has 3 N–H and O–H groups in total. The molecular formula is C10H19K2NO5. The van der Waals surface area contributed by atoms with E-state index in [4.69, 9.17) is 10.2 Å². The first-order valence-corrected chi connectivity index (χ1v) is 5.21. The summed E-state index contributed by atoms with van der Waals surface area (Å²) >= 11 is 0. The summed E-state index contributed by atoms with van der Waals surface area (Å²) in [5.74, 6) is -2.99. The Kier molecular flexibility index (Phi) is 20.7. The fourth-order valence-electron chi connectivity index (χ4n) is 1.18. The molecule has 0 fully saturated rings. The van der Waals surface area contributed by atoms with Gasteiger partial charge in [0.05, 0.1) is 6.42 Å². The molecule has 8 heteroatoms. The third-order valence-corrected chi connectivity index (χ3v) is 2.02. The molecule has 1 amide bonds. The summed E-state index contributed by atoms with van der Waals surface area (Å²) in [6.07, 6.45) is 2.17. The van der Waals surface area contributed by atoms with Crippen LogP contribution >= 0.6 is 0 Å². The van der Waals surface area contributed by atoms with Crippen molar-refractivity contribution in [2.24, 2.45) is 0 Å². The van der Waals surface area contributed by atoms with Crippen molar-refractivity contribution in [2.75, 3.05) is 0 Å². The summed E-state index contributed by atoms with van der Waals surface area (Å²) < 4.78 is 0. The van der Waals surface area contributed by atoms with Gasteiger partial charge in [0.15, 0.2) is 0 Å². The van der Waals surface area contributed by atoms with Crippen molar-refractivity contribution in [1.29, 1.82) is 0 Å². The van der Waals surface area contributed by atoms with Gasteiger partial charge in [-0.2, -0.15) is 0 Å². The number of carboxylic acid groups (broad SMARTS) is 2. The molecule has 0 spiro atoms. The molecule has 0 saturated carbocycles. The molecule has 96 valence electrons. The molecular weight excluding hydrogens is 292 g/mol. The van der Waals surface area contributed by atoms with Gasteiger partial charge in [-0.05, 0) is 6.42 Å². The van der Waals surface area contributed by atoms with Crippen LogP contribution in [0.1, 0.15) is 39.0 Å². The number of hydrogen-bond acceptors (Lipinski definition) is 3. The quantitative estimate of drug-likeness (QED) is 0.407. The Labute approximate surface area is 191 Å². The average Bonchev–Trinajstić information content (AvgIpc) is 2.16. The number of hydrogen-bond donors (Lipinski definition) is 3. The minimum absolute atomic E-state index is 0. The zero-order valence-electron chi connectivity index (χ0n) is 9.23.